The van der Waals surface area contributed by atoms with Crippen molar-refractivity contribution in [1.29, 1.82) is 0 Å². The van der Waals surface area contributed by atoms with Crippen LogP contribution >= 0.6 is 0 Å². The number of nitrogens with two attached hydrogens (primary N) is 1. The van der Waals surface area contributed by atoms with E-state index in [1.807, 2.05) is 72.9 Å². The number of Topliss-reactive ketones (excluding diaryl/α,β-unsaturated/α-hetero) is 1. The van der Waals surface area contributed by atoms with Gasteiger partial charge in [0.2, 0.25) is 5.78 Å². The fraction of sp³-hybridized carbons (Fsp3) is 0.136. The highest BCUT2D eigenvalue weighted by Gasteiger charge is 2.30. The van der Waals surface area contributed by atoms with Crippen molar-refractivity contribution >= 4 is 16.7 Å². The first-order chi connectivity index (χ1) is 12.7. The van der Waals surface area contributed by atoms with Crippen LogP contribution in [0.1, 0.15) is 40.7 Å². The van der Waals surface area contributed by atoms with Crippen LogP contribution in [0.5, 0.6) is 0 Å². The topological polar surface area (TPSA) is 62.6 Å². The van der Waals surface area contributed by atoms with Gasteiger partial charge in [0.05, 0.1) is 6.26 Å². The molecule has 4 heteroatoms. The fourth-order valence-electron chi connectivity index (χ4n) is 3.39. The molecule has 2 aromatic carbocycles. The molecule has 0 aliphatic rings. The highest BCUT2D eigenvalue weighted by Crippen LogP contribution is 2.23. The molecule has 26 heavy (non-hydrogen) atoms. The number of quaternary nitrogens is 1. The van der Waals surface area contributed by atoms with E-state index in [1.54, 1.807) is 6.26 Å². The Morgan fingerprint density at radius 1 is 1.00 bits per heavy atom. The zero-order valence-electron chi connectivity index (χ0n) is 14.6. The number of para-hydroxylation sites is 1. The lowest BCUT2D eigenvalue weighted by atomic mass is 9.96. The quantitative estimate of drug-likeness (QED) is 0.519. The van der Waals surface area contributed by atoms with Gasteiger partial charge in [-0.3, -0.25) is 4.79 Å². The van der Waals surface area contributed by atoms with Gasteiger partial charge >= 0.3 is 0 Å². The van der Waals surface area contributed by atoms with Crippen LogP contribution in [0.2, 0.25) is 0 Å². The summed E-state index contributed by atoms with van der Waals surface area (Å²) in [5, 5.41) is 3.02. The van der Waals surface area contributed by atoms with Crippen molar-refractivity contribution in [2.45, 2.75) is 19.0 Å². The summed E-state index contributed by atoms with van der Waals surface area (Å²) in [5.41, 5.74) is 2.68. The van der Waals surface area contributed by atoms with Gasteiger partial charge in [-0.1, -0.05) is 48.5 Å². The van der Waals surface area contributed by atoms with E-state index in [0.29, 0.717) is 0 Å². The van der Waals surface area contributed by atoms with Crippen molar-refractivity contribution < 1.29 is 14.5 Å². The van der Waals surface area contributed by atoms with Crippen LogP contribution in [0, 0.1) is 0 Å². The summed E-state index contributed by atoms with van der Waals surface area (Å²) in [4.78, 5) is 16.6. The molecule has 4 aromatic rings. The molecule has 2 atom stereocenters. The Kier molecular flexibility index (Phi) is 4.42. The van der Waals surface area contributed by atoms with Crippen molar-refractivity contribution in [2.24, 2.45) is 0 Å². The highest BCUT2D eigenvalue weighted by molar-refractivity contribution is 6.09. The van der Waals surface area contributed by atoms with E-state index >= 15 is 0 Å². The van der Waals surface area contributed by atoms with Crippen LogP contribution in [-0.4, -0.2) is 10.8 Å². The predicted molar refractivity (Wildman–Crippen MR) is 101 cm³/mol. The third-order valence-corrected chi connectivity index (χ3v) is 4.77. The summed E-state index contributed by atoms with van der Waals surface area (Å²) in [6, 6.07) is 21.3. The third-order valence-electron chi connectivity index (χ3n) is 4.77. The third kappa shape index (κ3) is 3.07. The zero-order valence-corrected chi connectivity index (χ0v) is 14.6. The van der Waals surface area contributed by atoms with Crippen LogP contribution in [0.3, 0.4) is 0 Å². The SMILES string of the molecule is C[C@H]([NH2+][C@H](C(=O)c1c[nH]c2ccccc12)c1ccccc1)c1ccco1. The first kappa shape index (κ1) is 16.4. The Morgan fingerprint density at radius 3 is 2.54 bits per heavy atom. The predicted octanol–water partition coefficient (Wildman–Crippen LogP) is 4.01. The molecule has 4 rings (SSSR count). The van der Waals surface area contributed by atoms with E-state index in [9.17, 15) is 4.79 Å². The minimum absolute atomic E-state index is 0.0318. The lowest BCUT2D eigenvalue weighted by Crippen LogP contribution is -2.87. The Morgan fingerprint density at radius 2 is 1.77 bits per heavy atom. The lowest BCUT2D eigenvalue weighted by Gasteiger charge is -2.18. The average molecular weight is 345 g/mol. The van der Waals surface area contributed by atoms with Gasteiger partial charge in [0.25, 0.3) is 0 Å². The lowest BCUT2D eigenvalue weighted by molar-refractivity contribution is -0.719. The van der Waals surface area contributed by atoms with Crippen molar-refractivity contribution in [3.63, 3.8) is 0 Å². The summed E-state index contributed by atoms with van der Waals surface area (Å²) in [6.45, 7) is 2.05. The number of H-pyrrole nitrogens is 1. The van der Waals surface area contributed by atoms with Crippen LogP contribution < -0.4 is 5.32 Å². The van der Waals surface area contributed by atoms with Gasteiger partial charge in [-0.15, -0.1) is 0 Å². The van der Waals surface area contributed by atoms with Crippen molar-refractivity contribution in [2.75, 3.05) is 0 Å². The number of fused-ring (bicyclic) bond motifs is 1. The highest BCUT2D eigenvalue weighted by atomic mass is 16.3. The summed E-state index contributed by atoms with van der Waals surface area (Å²) in [7, 11) is 0. The van der Waals surface area contributed by atoms with E-state index in [4.69, 9.17) is 4.42 Å². The molecule has 0 radical (unpaired) electrons. The standard InChI is InChI=1S/C22H20N2O2/c1-15(20-12-7-13-26-20)24-21(16-8-3-2-4-9-16)22(25)18-14-23-19-11-6-5-10-17(18)19/h2-15,21,23-24H,1H3/p+1/t15-,21-/m0/s1. The second kappa shape index (κ2) is 7.02. The molecule has 0 amide bonds. The molecule has 2 heterocycles. The van der Waals surface area contributed by atoms with Gasteiger partial charge in [0.15, 0.2) is 11.8 Å². The van der Waals surface area contributed by atoms with E-state index in [1.165, 1.54) is 0 Å². The van der Waals surface area contributed by atoms with E-state index in [0.717, 1.165) is 27.8 Å². The van der Waals surface area contributed by atoms with Crippen LogP contribution in [0.15, 0.2) is 83.6 Å². The molecule has 0 bridgehead atoms. The van der Waals surface area contributed by atoms with Gasteiger partial charge in [-0.05, 0) is 25.1 Å². The van der Waals surface area contributed by atoms with E-state index < -0.39 is 0 Å². The number of furan rings is 1. The van der Waals surface area contributed by atoms with Gasteiger partial charge in [0, 0.05) is 28.2 Å². The average Bonchev–Trinajstić information content (AvgIpc) is 3.36. The number of ketones is 1. The molecule has 0 saturated heterocycles. The number of carbonyl (C=O) groups is 1. The summed E-state index contributed by atoms with van der Waals surface area (Å²) >= 11 is 0. The number of benzene rings is 2. The van der Waals surface area contributed by atoms with E-state index in [2.05, 4.69) is 17.2 Å². The number of rotatable bonds is 6. The van der Waals surface area contributed by atoms with Gasteiger partial charge in [-0.25, -0.2) is 0 Å². The number of aromatic amines is 1. The minimum atomic E-state index is -0.337. The number of carbonyl (C=O) groups excluding carboxylic acids is 1. The maximum atomic E-state index is 13.4. The normalized spacial score (nSPS) is 13.6. The molecule has 4 nitrogen and oxygen atoms in total. The molecule has 0 unspecified atom stereocenters. The summed E-state index contributed by atoms with van der Waals surface area (Å²) in [6.07, 6.45) is 3.48. The Labute approximate surface area is 151 Å². The molecule has 0 fully saturated rings. The van der Waals surface area contributed by atoms with Crippen molar-refractivity contribution in [3.05, 3.63) is 96.1 Å². The maximum absolute atomic E-state index is 13.4. The fourth-order valence-corrected chi connectivity index (χ4v) is 3.39. The molecular weight excluding hydrogens is 324 g/mol. The van der Waals surface area contributed by atoms with Gasteiger partial charge < -0.3 is 14.7 Å². The molecule has 2 aromatic heterocycles. The Hall–Kier alpha value is -3.11. The van der Waals surface area contributed by atoms with Crippen LogP contribution in [0.4, 0.5) is 0 Å². The summed E-state index contributed by atoms with van der Waals surface area (Å²) in [5.74, 6) is 0.949. The number of nitrogens with one attached hydrogen (secondary N) is 1. The molecule has 130 valence electrons. The maximum Gasteiger partial charge on any atom is 0.226 e. The molecule has 3 N–H and O–H groups in total. The summed E-state index contributed by atoms with van der Waals surface area (Å²) < 4.78 is 5.52. The minimum Gasteiger partial charge on any atom is -0.463 e. The van der Waals surface area contributed by atoms with Crippen LogP contribution in [0.25, 0.3) is 10.9 Å². The molecular formula is C22H21N2O2+. The largest absolute Gasteiger partial charge is 0.463 e. The molecule has 0 aliphatic carbocycles. The monoisotopic (exact) mass is 345 g/mol. The van der Waals surface area contributed by atoms with Gasteiger partial charge in [-0.2, -0.15) is 0 Å². The van der Waals surface area contributed by atoms with Crippen molar-refractivity contribution in [3.8, 4) is 0 Å². The first-order valence-corrected chi connectivity index (χ1v) is 8.77. The first-order valence-electron chi connectivity index (χ1n) is 8.77. The second-order valence-corrected chi connectivity index (χ2v) is 6.50. The Balaban J connectivity index is 1.71. The van der Waals surface area contributed by atoms with Crippen molar-refractivity contribution in [1.82, 2.24) is 4.98 Å². The molecule has 0 spiro atoms. The van der Waals surface area contributed by atoms with Gasteiger partial charge in [0.1, 0.15) is 6.04 Å². The zero-order chi connectivity index (χ0) is 17.9. The van der Waals surface area contributed by atoms with E-state index in [-0.39, 0.29) is 17.9 Å². The number of aromatic nitrogens is 1. The number of hydrogen-bond donors (Lipinski definition) is 2. The smallest absolute Gasteiger partial charge is 0.226 e. The Bertz CT molecular complexity index is 1000. The second-order valence-electron chi connectivity index (χ2n) is 6.50. The molecule has 0 saturated carbocycles. The van der Waals surface area contributed by atoms with Crippen LogP contribution in [-0.2, 0) is 0 Å². The number of hydrogen-bond acceptors (Lipinski definition) is 2. The molecule has 0 aliphatic heterocycles.